The van der Waals surface area contributed by atoms with E-state index in [1.807, 2.05) is 51.1 Å². The standard InChI is InChI=1S/C38H54N8O7S2/c1-4-12-27(32(48)35(50)39-20-29(47)43-30(33-40-23-41-45-33)25-13-7-5-8-14-25)42-34(49)28-19-38(54-17-11-18-55-38)22-46(28)36(51)31(26-15-9-6-10-16-26)44-37(52)53-21-24(2)3/h5,7-8,13-14,23-24,26-28,30-31H,4,6,9-12,15-22H2,1-3H3,(H,39,50)(H,42,49)(H,43,47)(H,44,52)(H,40,41,45)/t27?,28-,30?,31?/m0/s1. The van der Waals surface area contributed by atoms with Crippen molar-refractivity contribution in [3.63, 3.8) is 0 Å². The predicted octanol–water partition coefficient (Wildman–Crippen LogP) is 3.48. The van der Waals surface area contributed by atoms with Gasteiger partial charge in [-0.15, -0.1) is 23.5 Å². The van der Waals surface area contributed by atoms with Crippen LogP contribution in [0, 0.1) is 11.8 Å². The van der Waals surface area contributed by atoms with E-state index in [0.29, 0.717) is 25.2 Å². The number of likely N-dealkylation sites (tertiary alicyclic amines) is 1. The smallest absolute Gasteiger partial charge is 0.407 e. The van der Waals surface area contributed by atoms with Crippen LogP contribution in [-0.2, 0) is 28.7 Å². The quantitative estimate of drug-likeness (QED) is 0.156. The Bertz CT molecular complexity index is 1620. The molecular formula is C38H54N8O7S2. The van der Waals surface area contributed by atoms with Gasteiger partial charge < -0.3 is 30.9 Å². The van der Waals surface area contributed by atoms with Gasteiger partial charge in [-0.2, -0.15) is 5.10 Å². The summed E-state index contributed by atoms with van der Waals surface area (Å²) >= 11 is 3.48. The van der Waals surface area contributed by atoms with Gasteiger partial charge in [0, 0.05) is 13.0 Å². The minimum atomic E-state index is -1.18. The van der Waals surface area contributed by atoms with E-state index in [9.17, 15) is 28.8 Å². The maximum absolute atomic E-state index is 14.6. The second-order valence-electron chi connectivity index (χ2n) is 14.8. The Hall–Kier alpha value is -4.12. The molecule has 3 heterocycles. The number of alkyl carbamates (subject to hydrolysis) is 1. The summed E-state index contributed by atoms with van der Waals surface area (Å²) in [6.07, 6.45) is 7.19. The normalized spacial score (nSPS) is 19.9. The highest BCUT2D eigenvalue weighted by Crippen LogP contribution is 2.50. The summed E-state index contributed by atoms with van der Waals surface area (Å²) in [6, 6.07) is 5.48. The van der Waals surface area contributed by atoms with E-state index in [1.54, 1.807) is 28.4 Å². The summed E-state index contributed by atoms with van der Waals surface area (Å²) < 4.78 is 5.01. The number of aromatic nitrogens is 3. The van der Waals surface area contributed by atoms with E-state index >= 15 is 0 Å². The van der Waals surface area contributed by atoms with Gasteiger partial charge in [-0.1, -0.05) is 76.8 Å². The molecule has 3 fully saturated rings. The van der Waals surface area contributed by atoms with E-state index in [4.69, 9.17) is 4.74 Å². The molecule has 5 N–H and O–H groups in total. The molecule has 17 heteroatoms. The van der Waals surface area contributed by atoms with Crippen LogP contribution in [0.15, 0.2) is 36.7 Å². The van der Waals surface area contributed by atoms with Crippen molar-refractivity contribution in [2.45, 2.75) is 107 Å². The summed E-state index contributed by atoms with van der Waals surface area (Å²) in [5, 5.41) is 17.5. The van der Waals surface area contributed by atoms with Gasteiger partial charge in [0.2, 0.25) is 23.5 Å². The molecule has 300 valence electrons. The Morgan fingerprint density at radius 3 is 2.36 bits per heavy atom. The topological polar surface area (TPSA) is 205 Å². The minimum absolute atomic E-state index is 0.103. The molecule has 1 aromatic heterocycles. The van der Waals surface area contributed by atoms with Crippen LogP contribution >= 0.6 is 23.5 Å². The summed E-state index contributed by atoms with van der Waals surface area (Å²) in [7, 11) is 0. The Balaban J connectivity index is 1.27. The average Bonchev–Trinajstić information content (AvgIpc) is 3.86. The van der Waals surface area contributed by atoms with Crippen molar-refractivity contribution in [2.75, 3.05) is 31.2 Å². The average molecular weight is 799 g/mol. The number of Topliss-reactive ketones (excluding diaryl/α,β-unsaturated/α-hetero) is 1. The molecule has 5 rings (SSSR count). The second kappa shape index (κ2) is 20.2. The molecule has 2 aromatic rings. The maximum Gasteiger partial charge on any atom is 0.407 e. The lowest BCUT2D eigenvalue weighted by atomic mass is 9.83. The molecule has 3 aliphatic rings. The second-order valence-corrected chi connectivity index (χ2v) is 18.1. The zero-order valence-corrected chi connectivity index (χ0v) is 33.5. The van der Waals surface area contributed by atoms with Gasteiger partial charge in [0.1, 0.15) is 24.5 Å². The van der Waals surface area contributed by atoms with E-state index < -0.39 is 64.4 Å². The lowest BCUT2D eigenvalue weighted by molar-refractivity contribution is -0.143. The Morgan fingerprint density at radius 2 is 1.71 bits per heavy atom. The van der Waals surface area contributed by atoms with Crippen molar-refractivity contribution in [3.05, 3.63) is 48.0 Å². The molecule has 1 saturated carbocycles. The number of hydrogen-bond acceptors (Lipinski definition) is 11. The van der Waals surface area contributed by atoms with Crippen LogP contribution in [0.4, 0.5) is 4.79 Å². The van der Waals surface area contributed by atoms with Crippen LogP contribution in [0.5, 0.6) is 0 Å². The fourth-order valence-electron chi connectivity index (χ4n) is 7.32. The number of ketones is 1. The molecule has 3 unspecified atom stereocenters. The number of ether oxygens (including phenoxy) is 1. The number of amides is 5. The fourth-order valence-corrected chi connectivity index (χ4v) is 10.7. The number of nitrogens with one attached hydrogen (secondary N) is 5. The lowest BCUT2D eigenvalue weighted by Crippen LogP contribution is -2.58. The van der Waals surface area contributed by atoms with Crippen molar-refractivity contribution in [3.8, 4) is 0 Å². The van der Waals surface area contributed by atoms with Crippen LogP contribution in [0.3, 0.4) is 0 Å². The minimum Gasteiger partial charge on any atom is -0.449 e. The van der Waals surface area contributed by atoms with E-state index in [-0.39, 0.29) is 30.8 Å². The first kappa shape index (κ1) is 42.0. The van der Waals surface area contributed by atoms with Gasteiger partial charge in [-0.3, -0.25) is 29.1 Å². The van der Waals surface area contributed by atoms with Crippen molar-refractivity contribution in [1.29, 1.82) is 0 Å². The molecule has 1 spiro atoms. The van der Waals surface area contributed by atoms with Gasteiger partial charge in [0.15, 0.2) is 5.82 Å². The van der Waals surface area contributed by atoms with Crippen LogP contribution in [0.2, 0.25) is 0 Å². The molecule has 2 aliphatic heterocycles. The van der Waals surface area contributed by atoms with E-state index in [0.717, 1.165) is 55.6 Å². The highest BCUT2D eigenvalue weighted by molar-refractivity contribution is 8.18. The molecule has 1 aromatic carbocycles. The van der Waals surface area contributed by atoms with Gasteiger partial charge >= 0.3 is 6.09 Å². The molecule has 5 amide bonds. The van der Waals surface area contributed by atoms with Crippen LogP contribution in [0.25, 0.3) is 0 Å². The SMILES string of the molecule is CCCC(NC(=O)[C@@H]1CC2(CN1C(=O)C(NC(=O)OCC(C)C)C1CCCCC1)SCCCS2)C(=O)C(=O)NCC(=O)NC(c1ccccc1)c1ncn[nH]1. The first-order chi connectivity index (χ1) is 26.5. The summed E-state index contributed by atoms with van der Waals surface area (Å²) in [6.45, 7) is 5.73. The van der Waals surface area contributed by atoms with Crippen molar-refractivity contribution < 1.29 is 33.5 Å². The summed E-state index contributed by atoms with van der Waals surface area (Å²) in [4.78, 5) is 87.3. The monoisotopic (exact) mass is 798 g/mol. The third-order valence-corrected chi connectivity index (χ3v) is 13.4. The third-order valence-electron chi connectivity index (χ3n) is 10.1. The highest BCUT2D eigenvalue weighted by atomic mass is 32.2. The number of benzene rings is 1. The van der Waals surface area contributed by atoms with Gasteiger partial charge in [0.05, 0.1) is 23.3 Å². The van der Waals surface area contributed by atoms with Crippen molar-refractivity contribution >= 4 is 59.0 Å². The number of rotatable bonds is 16. The van der Waals surface area contributed by atoms with Crippen molar-refractivity contribution in [1.82, 2.24) is 41.3 Å². The van der Waals surface area contributed by atoms with Gasteiger partial charge in [0.25, 0.3) is 5.91 Å². The largest absolute Gasteiger partial charge is 0.449 e. The lowest BCUT2D eigenvalue weighted by Gasteiger charge is -2.35. The van der Waals surface area contributed by atoms with Gasteiger partial charge in [-0.05, 0) is 54.6 Å². The highest BCUT2D eigenvalue weighted by Gasteiger charge is 2.52. The molecule has 2 saturated heterocycles. The molecule has 55 heavy (non-hydrogen) atoms. The summed E-state index contributed by atoms with van der Waals surface area (Å²) in [5.41, 5.74) is 0.735. The number of aromatic amines is 1. The number of thioether (sulfide) groups is 2. The molecule has 1 aliphatic carbocycles. The fraction of sp³-hybridized carbons (Fsp3) is 0.632. The van der Waals surface area contributed by atoms with Crippen LogP contribution in [0.1, 0.15) is 96.0 Å². The number of carbonyl (C=O) groups is 6. The predicted molar refractivity (Wildman–Crippen MR) is 210 cm³/mol. The Kier molecular flexibility index (Phi) is 15.4. The molecule has 0 radical (unpaired) electrons. The van der Waals surface area contributed by atoms with E-state index in [2.05, 4.69) is 36.4 Å². The van der Waals surface area contributed by atoms with Crippen LogP contribution in [-0.4, -0.2) is 109 Å². The number of hydrogen-bond donors (Lipinski definition) is 5. The Labute approximate surface area is 330 Å². The zero-order chi connectivity index (χ0) is 39.4. The number of H-pyrrole nitrogens is 1. The first-order valence-corrected chi connectivity index (χ1v) is 21.3. The van der Waals surface area contributed by atoms with E-state index in [1.165, 1.54) is 6.33 Å². The molecular weight excluding hydrogens is 745 g/mol. The number of carbonyl (C=O) groups excluding carboxylic acids is 6. The summed E-state index contributed by atoms with van der Waals surface area (Å²) in [5.74, 6) is -1.13. The molecule has 4 atom stereocenters. The third kappa shape index (κ3) is 11.5. The first-order valence-electron chi connectivity index (χ1n) is 19.3. The molecule has 0 bridgehead atoms. The van der Waals surface area contributed by atoms with Crippen LogP contribution < -0.4 is 21.3 Å². The number of nitrogens with zero attached hydrogens (tertiary/aromatic N) is 3. The maximum atomic E-state index is 14.6. The van der Waals surface area contributed by atoms with Gasteiger partial charge in [-0.25, -0.2) is 9.78 Å². The molecule has 15 nitrogen and oxygen atoms in total. The van der Waals surface area contributed by atoms with Crippen molar-refractivity contribution in [2.24, 2.45) is 11.8 Å². The zero-order valence-electron chi connectivity index (χ0n) is 31.8. The Morgan fingerprint density at radius 1 is 0.982 bits per heavy atom.